The predicted molar refractivity (Wildman–Crippen MR) is 86.0 cm³/mol. The zero-order chi connectivity index (χ0) is 13.9. The van der Waals surface area contributed by atoms with Gasteiger partial charge in [0.25, 0.3) is 0 Å². The fourth-order valence-electron chi connectivity index (χ4n) is 4.09. The van der Waals surface area contributed by atoms with E-state index in [1.165, 1.54) is 56.3 Å². The van der Waals surface area contributed by atoms with E-state index in [0.717, 1.165) is 18.4 Å². The zero-order valence-corrected chi connectivity index (χ0v) is 12.7. The second-order valence-corrected chi connectivity index (χ2v) is 6.55. The van der Waals surface area contributed by atoms with Crippen molar-refractivity contribution in [2.24, 2.45) is 11.7 Å². The van der Waals surface area contributed by atoms with Crippen LogP contribution in [0.25, 0.3) is 0 Å². The van der Waals surface area contributed by atoms with Crippen molar-refractivity contribution in [3.63, 3.8) is 0 Å². The van der Waals surface area contributed by atoms with Gasteiger partial charge in [-0.25, -0.2) is 0 Å². The highest BCUT2D eigenvalue weighted by Gasteiger charge is 2.33. The van der Waals surface area contributed by atoms with E-state index < -0.39 is 0 Å². The first-order valence-electron chi connectivity index (χ1n) is 8.41. The molecule has 2 fully saturated rings. The second-order valence-electron chi connectivity index (χ2n) is 6.55. The lowest BCUT2D eigenvalue weighted by molar-refractivity contribution is 0.244. The normalized spacial score (nSPS) is 28.0. The largest absolute Gasteiger partial charge is 0.368 e. The Morgan fingerprint density at radius 1 is 1.10 bits per heavy atom. The van der Waals surface area contributed by atoms with Crippen LogP contribution in [0.3, 0.4) is 0 Å². The molecule has 0 amide bonds. The molecule has 0 spiro atoms. The Balaban J connectivity index is 1.77. The van der Waals surface area contributed by atoms with Gasteiger partial charge in [-0.3, -0.25) is 0 Å². The van der Waals surface area contributed by atoms with Crippen molar-refractivity contribution in [2.45, 2.75) is 64.0 Å². The van der Waals surface area contributed by atoms with Gasteiger partial charge < -0.3 is 10.6 Å². The zero-order valence-electron chi connectivity index (χ0n) is 12.7. The molecule has 20 heavy (non-hydrogen) atoms. The monoisotopic (exact) mass is 272 g/mol. The first-order chi connectivity index (χ1) is 9.79. The third kappa shape index (κ3) is 2.71. The summed E-state index contributed by atoms with van der Waals surface area (Å²) >= 11 is 0. The van der Waals surface area contributed by atoms with Gasteiger partial charge in [0, 0.05) is 24.3 Å². The van der Waals surface area contributed by atoms with E-state index in [-0.39, 0.29) is 6.04 Å². The quantitative estimate of drug-likeness (QED) is 0.891. The summed E-state index contributed by atoms with van der Waals surface area (Å²) in [5, 5.41) is 0. The van der Waals surface area contributed by atoms with Crippen LogP contribution in [0.2, 0.25) is 0 Å². The smallest absolute Gasteiger partial charge is 0.0369 e. The fourth-order valence-corrected chi connectivity index (χ4v) is 4.09. The highest BCUT2D eigenvalue weighted by Crippen LogP contribution is 2.37. The molecule has 1 saturated carbocycles. The molecule has 1 saturated heterocycles. The van der Waals surface area contributed by atoms with Crippen LogP contribution < -0.4 is 10.6 Å². The number of anilines is 1. The Morgan fingerprint density at radius 2 is 1.80 bits per heavy atom. The van der Waals surface area contributed by atoms with Gasteiger partial charge in [0.15, 0.2) is 0 Å². The number of nitrogens with zero attached hydrogens (tertiary/aromatic N) is 1. The predicted octanol–water partition coefficient (Wildman–Crippen LogP) is 4.26. The summed E-state index contributed by atoms with van der Waals surface area (Å²) in [5.74, 6) is 0.940. The minimum Gasteiger partial charge on any atom is -0.368 e. The Kier molecular flexibility index (Phi) is 4.30. The van der Waals surface area contributed by atoms with Crippen LogP contribution in [0.4, 0.5) is 5.69 Å². The molecule has 1 aliphatic carbocycles. The van der Waals surface area contributed by atoms with Crippen LogP contribution in [-0.4, -0.2) is 12.6 Å². The van der Waals surface area contributed by atoms with Gasteiger partial charge in [0.05, 0.1) is 0 Å². The van der Waals surface area contributed by atoms with Crippen molar-refractivity contribution >= 4 is 5.69 Å². The molecule has 0 radical (unpaired) electrons. The second kappa shape index (κ2) is 6.17. The summed E-state index contributed by atoms with van der Waals surface area (Å²) < 4.78 is 0. The summed E-state index contributed by atoms with van der Waals surface area (Å²) in [4.78, 5) is 2.68. The maximum atomic E-state index is 6.12. The molecule has 2 heteroatoms. The molecule has 2 nitrogen and oxygen atoms in total. The molecule has 0 aromatic heterocycles. The van der Waals surface area contributed by atoms with Crippen molar-refractivity contribution in [2.75, 3.05) is 11.4 Å². The fraction of sp³-hybridized carbons (Fsp3) is 0.667. The molecular formula is C18H28N2. The molecule has 0 bridgehead atoms. The number of hydrogen-bond acceptors (Lipinski definition) is 2. The maximum absolute atomic E-state index is 6.12. The molecule has 3 rings (SSSR count). The number of hydrogen-bond donors (Lipinski definition) is 1. The maximum Gasteiger partial charge on any atom is 0.0369 e. The number of benzene rings is 1. The van der Waals surface area contributed by atoms with Crippen LogP contribution in [0, 0.1) is 5.92 Å². The third-order valence-corrected chi connectivity index (χ3v) is 5.34. The average Bonchev–Trinajstić information content (AvgIpc) is 2.54. The minimum atomic E-state index is 0.188. The Morgan fingerprint density at radius 3 is 2.55 bits per heavy atom. The number of piperidine rings is 1. The number of fused-ring (bicyclic) bond motifs is 1. The van der Waals surface area contributed by atoms with Gasteiger partial charge in [0.1, 0.15) is 0 Å². The minimum absolute atomic E-state index is 0.188. The van der Waals surface area contributed by atoms with E-state index in [2.05, 4.69) is 36.1 Å². The summed E-state index contributed by atoms with van der Waals surface area (Å²) in [6, 6.07) is 10.0. The van der Waals surface area contributed by atoms with E-state index in [1.807, 2.05) is 0 Å². The van der Waals surface area contributed by atoms with Crippen LogP contribution in [0.5, 0.6) is 0 Å². The lowest BCUT2D eigenvalue weighted by Crippen LogP contribution is -2.46. The van der Waals surface area contributed by atoms with Crippen LogP contribution >= 0.6 is 0 Å². The van der Waals surface area contributed by atoms with Gasteiger partial charge in [0.2, 0.25) is 0 Å². The van der Waals surface area contributed by atoms with Gasteiger partial charge in [-0.15, -0.1) is 0 Å². The Hall–Kier alpha value is -1.02. The lowest BCUT2D eigenvalue weighted by atomic mass is 9.78. The van der Waals surface area contributed by atoms with Gasteiger partial charge >= 0.3 is 0 Å². The first kappa shape index (κ1) is 13.9. The molecule has 2 N–H and O–H groups in total. The lowest BCUT2D eigenvalue weighted by Gasteiger charge is -2.45. The number of rotatable bonds is 3. The molecule has 3 atom stereocenters. The molecule has 2 aliphatic rings. The topological polar surface area (TPSA) is 29.3 Å². The summed E-state index contributed by atoms with van der Waals surface area (Å²) in [6.45, 7) is 3.39. The summed E-state index contributed by atoms with van der Waals surface area (Å²) in [5.41, 5.74) is 8.80. The molecule has 1 unspecified atom stereocenters. The molecule has 110 valence electrons. The van der Waals surface area contributed by atoms with E-state index in [1.54, 1.807) is 0 Å². The third-order valence-electron chi connectivity index (χ3n) is 5.34. The SMILES string of the molecule is CCC(N)c1ccc(N2CCC[C@H]3CCCC[C@H]32)cc1. The molecular weight excluding hydrogens is 244 g/mol. The van der Waals surface area contributed by atoms with Crippen LogP contribution in [0.1, 0.15) is 63.5 Å². The van der Waals surface area contributed by atoms with Crippen LogP contribution in [0.15, 0.2) is 24.3 Å². The van der Waals surface area contributed by atoms with Crippen molar-refractivity contribution in [1.29, 1.82) is 0 Å². The van der Waals surface area contributed by atoms with Gasteiger partial charge in [-0.2, -0.15) is 0 Å². The van der Waals surface area contributed by atoms with Crippen molar-refractivity contribution in [3.05, 3.63) is 29.8 Å². The Bertz CT molecular complexity index is 424. The van der Waals surface area contributed by atoms with Gasteiger partial charge in [-0.1, -0.05) is 31.9 Å². The van der Waals surface area contributed by atoms with Gasteiger partial charge in [-0.05, 0) is 55.7 Å². The van der Waals surface area contributed by atoms with E-state index in [0.29, 0.717) is 0 Å². The summed E-state index contributed by atoms with van der Waals surface area (Å²) in [7, 11) is 0. The Labute approximate surface area is 123 Å². The van der Waals surface area contributed by atoms with E-state index in [9.17, 15) is 0 Å². The van der Waals surface area contributed by atoms with Crippen LogP contribution in [-0.2, 0) is 0 Å². The molecule has 1 aliphatic heterocycles. The number of nitrogens with two attached hydrogens (primary N) is 1. The molecule has 1 heterocycles. The average molecular weight is 272 g/mol. The first-order valence-corrected chi connectivity index (χ1v) is 8.41. The summed E-state index contributed by atoms with van der Waals surface area (Å²) in [6.07, 6.45) is 9.50. The van der Waals surface area contributed by atoms with Crippen molar-refractivity contribution < 1.29 is 0 Å². The highest BCUT2D eigenvalue weighted by molar-refractivity contribution is 5.49. The van der Waals surface area contributed by atoms with Crippen molar-refractivity contribution in [3.8, 4) is 0 Å². The molecule has 1 aromatic rings. The molecule has 1 aromatic carbocycles. The van der Waals surface area contributed by atoms with Crippen molar-refractivity contribution in [1.82, 2.24) is 0 Å². The highest BCUT2D eigenvalue weighted by atomic mass is 15.2. The van der Waals surface area contributed by atoms with E-state index >= 15 is 0 Å². The van der Waals surface area contributed by atoms with E-state index in [4.69, 9.17) is 5.73 Å². The standard InChI is InChI=1S/C18H28N2/c1-2-17(19)14-9-11-16(12-10-14)20-13-5-7-15-6-3-4-8-18(15)20/h9-12,15,17-18H,2-8,13,19H2,1H3/t15-,17?,18-/m1/s1.